The molecule has 2 rings (SSSR count). The normalized spacial score (nSPS) is 10.5. The molecule has 0 unspecified atom stereocenters. The van der Waals surface area contributed by atoms with Gasteiger partial charge in [-0.1, -0.05) is 30.0 Å². The van der Waals surface area contributed by atoms with Crippen molar-refractivity contribution in [1.29, 1.82) is 0 Å². The van der Waals surface area contributed by atoms with E-state index in [4.69, 9.17) is 4.74 Å². The molecule has 1 aromatic carbocycles. The van der Waals surface area contributed by atoms with Crippen molar-refractivity contribution < 1.29 is 4.74 Å². The van der Waals surface area contributed by atoms with Gasteiger partial charge >= 0.3 is 0 Å². The van der Waals surface area contributed by atoms with Gasteiger partial charge in [-0.05, 0) is 22.6 Å². The van der Waals surface area contributed by atoms with E-state index in [0.717, 1.165) is 10.8 Å². The molecule has 6 heteroatoms. The summed E-state index contributed by atoms with van der Waals surface area (Å²) in [5.41, 5.74) is 0.945. The molecule has 0 atom stereocenters. The van der Waals surface area contributed by atoms with Crippen LogP contribution in [0.3, 0.4) is 0 Å². The van der Waals surface area contributed by atoms with Crippen molar-refractivity contribution in [1.82, 2.24) is 20.2 Å². The average Bonchev–Trinajstić information content (AvgIpc) is 2.75. The van der Waals surface area contributed by atoms with Crippen LogP contribution in [0.4, 0.5) is 0 Å². The Labute approximate surface area is 91.4 Å². The van der Waals surface area contributed by atoms with E-state index < -0.39 is 0 Å². The summed E-state index contributed by atoms with van der Waals surface area (Å²) in [5.74, 6) is 0.535. The number of aromatic nitrogens is 4. The maximum absolute atomic E-state index is 4.96. The third kappa shape index (κ3) is 2.34. The van der Waals surface area contributed by atoms with Crippen LogP contribution in [0.1, 0.15) is 0 Å². The Hall–Kier alpha value is -1.40. The quantitative estimate of drug-likeness (QED) is 0.577. The van der Waals surface area contributed by atoms with E-state index in [1.165, 1.54) is 11.8 Å². The first-order valence-electron chi connectivity index (χ1n) is 4.37. The predicted octanol–water partition coefficient (Wildman–Crippen LogP) is 1.36. The SMILES string of the molecule is COCSc1nnnn1-c1ccccc1. The van der Waals surface area contributed by atoms with Crippen molar-refractivity contribution in [2.24, 2.45) is 0 Å². The van der Waals surface area contributed by atoms with Gasteiger partial charge in [-0.15, -0.1) is 5.10 Å². The molecular weight excluding hydrogens is 212 g/mol. The van der Waals surface area contributed by atoms with Gasteiger partial charge in [-0.2, -0.15) is 4.68 Å². The summed E-state index contributed by atoms with van der Waals surface area (Å²) in [4.78, 5) is 0. The summed E-state index contributed by atoms with van der Waals surface area (Å²) >= 11 is 1.45. The second-order valence-electron chi connectivity index (χ2n) is 2.76. The second-order valence-corrected chi connectivity index (χ2v) is 3.65. The number of hydrogen-bond acceptors (Lipinski definition) is 5. The van der Waals surface area contributed by atoms with Gasteiger partial charge in [0.2, 0.25) is 5.16 Å². The zero-order valence-electron chi connectivity index (χ0n) is 8.20. The maximum Gasteiger partial charge on any atom is 0.216 e. The number of nitrogens with zero attached hydrogens (tertiary/aromatic N) is 4. The summed E-state index contributed by atoms with van der Waals surface area (Å²) in [6, 6.07) is 9.75. The molecule has 0 radical (unpaired) electrons. The van der Waals surface area contributed by atoms with Gasteiger partial charge in [-0.25, -0.2) is 0 Å². The molecular formula is C9H10N4OS. The van der Waals surface area contributed by atoms with E-state index in [1.54, 1.807) is 11.8 Å². The van der Waals surface area contributed by atoms with Gasteiger partial charge in [0.25, 0.3) is 0 Å². The van der Waals surface area contributed by atoms with Crippen molar-refractivity contribution >= 4 is 11.8 Å². The Kier molecular flexibility index (Phi) is 3.31. The van der Waals surface area contributed by atoms with Crippen molar-refractivity contribution in [2.45, 2.75) is 5.16 Å². The molecule has 0 aliphatic rings. The number of ether oxygens (including phenoxy) is 1. The molecule has 0 amide bonds. The molecule has 15 heavy (non-hydrogen) atoms. The van der Waals surface area contributed by atoms with Gasteiger partial charge in [0.15, 0.2) is 0 Å². The summed E-state index contributed by atoms with van der Waals surface area (Å²) < 4.78 is 6.64. The molecule has 5 nitrogen and oxygen atoms in total. The van der Waals surface area contributed by atoms with Gasteiger partial charge in [0.05, 0.1) is 11.6 Å². The van der Waals surface area contributed by atoms with E-state index in [2.05, 4.69) is 15.5 Å². The first-order valence-corrected chi connectivity index (χ1v) is 5.36. The highest BCUT2D eigenvalue weighted by Gasteiger charge is 2.07. The van der Waals surface area contributed by atoms with E-state index in [1.807, 2.05) is 30.3 Å². The molecule has 0 fully saturated rings. The molecule has 1 heterocycles. The van der Waals surface area contributed by atoms with Crippen LogP contribution in [0.5, 0.6) is 0 Å². The number of benzene rings is 1. The topological polar surface area (TPSA) is 52.8 Å². The van der Waals surface area contributed by atoms with E-state index >= 15 is 0 Å². The van der Waals surface area contributed by atoms with Gasteiger partial charge < -0.3 is 4.74 Å². The molecule has 2 aromatic rings. The fourth-order valence-corrected chi connectivity index (χ4v) is 1.69. The first kappa shape index (κ1) is 10.1. The van der Waals surface area contributed by atoms with Crippen LogP contribution in [-0.4, -0.2) is 33.3 Å². The fraction of sp³-hybridized carbons (Fsp3) is 0.222. The molecule has 0 aliphatic carbocycles. The van der Waals surface area contributed by atoms with E-state index in [0.29, 0.717) is 5.94 Å². The van der Waals surface area contributed by atoms with Crippen molar-refractivity contribution in [3.05, 3.63) is 30.3 Å². The van der Waals surface area contributed by atoms with Gasteiger partial charge in [-0.3, -0.25) is 0 Å². The van der Waals surface area contributed by atoms with Crippen LogP contribution in [0.25, 0.3) is 5.69 Å². The van der Waals surface area contributed by atoms with Gasteiger partial charge in [0, 0.05) is 7.11 Å². The van der Waals surface area contributed by atoms with E-state index in [-0.39, 0.29) is 0 Å². The molecule has 0 bridgehead atoms. The minimum atomic E-state index is 0.535. The first-order chi connectivity index (χ1) is 7.42. The molecule has 0 aliphatic heterocycles. The molecule has 0 spiro atoms. The Morgan fingerprint density at radius 1 is 1.33 bits per heavy atom. The summed E-state index contributed by atoms with van der Waals surface area (Å²) in [6.07, 6.45) is 0. The summed E-state index contributed by atoms with van der Waals surface area (Å²) in [7, 11) is 1.64. The van der Waals surface area contributed by atoms with Crippen molar-refractivity contribution in [3.8, 4) is 5.69 Å². The summed E-state index contributed by atoms with van der Waals surface area (Å²) in [6.45, 7) is 0. The van der Waals surface area contributed by atoms with Crippen LogP contribution in [0.15, 0.2) is 35.5 Å². The molecule has 0 saturated heterocycles. The monoisotopic (exact) mass is 222 g/mol. The molecule has 0 saturated carbocycles. The van der Waals surface area contributed by atoms with Crippen molar-refractivity contribution in [2.75, 3.05) is 13.0 Å². The van der Waals surface area contributed by atoms with Gasteiger partial charge in [0.1, 0.15) is 0 Å². The summed E-state index contributed by atoms with van der Waals surface area (Å²) in [5, 5.41) is 12.2. The average molecular weight is 222 g/mol. The zero-order chi connectivity index (χ0) is 10.5. The third-order valence-corrected chi connectivity index (χ3v) is 2.61. The lowest BCUT2D eigenvalue weighted by Crippen LogP contribution is -1.99. The molecule has 0 N–H and O–H groups in total. The number of para-hydroxylation sites is 1. The maximum atomic E-state index is 4.96. The Bertz CT molecular complexity index is 417. The smallest absolute Gasteiger partial charge is 0.216 e. The highest BCUT2D eigenvalue weighted by atomic mass is 32.2. The highest BCUT2D eigenvalue weighted by molar-refractivity contribution is 7.99. The van der Waals surface area contributed by atoms with Crippen LogP contribution < -0.4 is 0 Å². The molecule has 78 valence electrons. The van der Waals surface area contributed by atoms with Crippen LogP contribution >= 0.6 is 11.8 Å². The fourth-order valence-electron chi connectivity index (χ4n) is 1.11. The predicted molar refractivity (Wildman–Crippen MR) is 56.9 cm³/mol. The van der Waals surface area contributed by atoms with Crippen LogP contribution in [0.2, 0.25) is 0 Å². The number of tetrazole rings is 1. The number of hydrogen-bond donors (Lipinski definition) is 0. The lowest BCUT2D eigenvalue weighted by Gasteiger charge is -2.02. The highest BCUT2D eigenvalue weighted by Crippen LogP contribution is 2.17. The largest absolute Gasteiger partial charge is 0.374 e. The van der Waals surface area contributed by atoms with E-state index in [9.17, 15) is 0 Å². The Morgan fingerprint density at radius 3 is 2.87 bits per heavy atom. The lowest BCUT2D eigenvalue weighted by atomic mass is 10.3. The zero-order valence-corrected chi connectivity index (χ0v) is 9.02. The second kappa shape index (κ2) is 4.90. The number of thioether (sulfide) groups is 1. The third-order valence-electron chi connectivity index (χ3n) is 1.75. The number of methoxy groups -OCH3 is 1. The molecule has 1 aromatic heterocycles. The van der Waals surface area contributed by atoms with Crippen LogP contribution in [-0.2, 0) is 4.74 Å². The Balaban J connectivity index is 2.25. The Morgan fingerprint density at radius 2 is 2.13 bits per heavy atom. The minimum Gasteiger partial charge on any atom is -0.374 e. The van der Waals surface area contributed by atoms with Crippen LogP contribution in [0, 0.1) is 0 Å². The standard InChI is InChI=1S/C9H10N4OS/c1-14-7-15-9-10-11-12-13(9)8-5-3-2-4-6-8/h2-6H,7H2,1H3. The number of rotatable bonds is 4. The van der Waals surface area contributed by atoms with Crippen molar-refractivity contribution in [3.63, 3.8) is 0 Å². The lowest BCUT2D eigenvalue weighted by molar-refractivity contribution is 0.258. The minimum absolute atomic E-state index is 0.535.